The van der Waals surface area contributed by atoms with E-state index in [1.165, 1.54) is 6.92 Å². The highest BCUT2D eigenvalue weighted by Gasteiger charge is 2.14. The third-order valence-corrected chi connectivity index (χ3v) is 1.20. The Hall–Kier alpha value is -0.610. The molecule has 2 atom stereocenters. The topological polar surface area (TPSA) is 55.4 Å². The van der Waals surface area contributed by atoms with Crippen molar-refractivity contribution < 1.29 is 19.7 Å². The number of carbonyl (C=O) groups is 1. The SMILES string of the molecule is CCC(C)OOC(=O)C(C)[O]. The average Bonchev–Trinajstić information content (AvgIpc) is 1.99. The van der Waals surface area contributed by atoms with Gasteiger partial charge in [0.25, 0.3) is 0 Å². The predicted octanol–water partition coefficient (Wildman–Crippen LogP) is 1.08. The lowest BCUT2D eigenvalue weighted by atomic mass is 10.3. The van der Waals surface area contributed by atoms with E-state index in [9.17, 15) is 9.90 Å². The molecule has 2 unspecified atom stereocenters. The van der Waals surface area contributed by atoms with Gasteiger partial charge in [0.05, 0.1) is 0 Å². The summed E-state index contributed by atoms with van der Waals surface area (Å²) in [6.07, 6.45) is -0.794. The van der Waals surface area contributed by atoms with Crippen molar-refractivity contribution in [2.75, 3.05) is 0 Å². The standard InChI is InChI=1S/C7H13O4/c1-4-5(2)10-11-7(9)6(3)8/h5-6H,4H2,1-3H3. The van der Waals surface area contributed by atoms with Crippen LogP contribution in [0.5, 0.6) is 0 Å². The molecule has 4 heteroatoms. The van der Waals surface area contributed by atoms with Crippen LogP contribution in [-0.4, -0.2) is 18.2 Å². The van der Waals surface area contributed by atoms with Crippen molar-refractivity contribution in [1.82, 2.24) is 0 Å². The number of hydrogen-bond acceptors (Lipinski definition) is 3. The zero-order valence-electron chi connectivity index (χ0n) is 6.99. The lowest BCUT2D eigenvalue weighted by Gasteiger charge is -2.08. The molecule has 0 aromatic heterocycles. The van der Waals surface area contributed by atoms with Crippen molar-refractivity contribution >= 4 is 5.97 Å². The highest BCUT2D eigenvalue weighted by atomic mass is 17.2. The van der Waals surface area contributed by atoms with Gasteiger partial charge in [-0.15, -0.1) is 0 Å². The van der Waals surface area contributed by atoms with Crippen LogP contribution in [0.25, 0.3) is 0 Å². The smallest absolute Gasteiger partial charge is 0.295 e. The highest BCUT2D eigenvalue weighted by molar-refractivity contribution is 5.73. The van der Waals surface area contributed by atoms with E-state index >= 15 is 0 Å². The fourth-order valence-corrected chi connectivity index (χ4v) is 0.265. The van der Waals surface area contributed by atoms with Crippen LogP contribution in [-0.2, 0) is 19.7 Å². The van der Waals surface area contributed by atoms with Crippen LogP contribution in [0, 0.1) is 0 Å². The van der Waals surface area contributed by atoms with Gasteiger partial charge in [-0.05, 0) is 20.3 Å². The maximum Gasteiger partial charge on any atom is 0.373 e. The van der Waals surface area contributed by atoms with Crippen LogP contribution >= 0.6 is 0 Å². The van der Waals surface area contributed by atoms with Crippen LogP contribution in [0.15, 0.2) is 0 Å². The molecule has 1 radical (unpaired) electrons. The van der Waals surface area contributed by atoms with E-state index in [0.29, 0.717) is 0 Å². The van der Waals surface area contributed by atoms with E-state index in [2.05, 4.69) is 9.78 Å². The molecule has 0 saturated heterocycles. The van der Waals surface area contributed by atoms with Gasteiger partial charge in [0.2, 0.25) is 0 Å². The van der Waals surface area contributed by atoms with E-state index in [1.807, 2.05) is 6.92 Å². The average molecular weight is 161 g/mol. The van der Waals surface area contributed by atoms with Crippen molar-refractivity contribution in [2.45, 2.75) is 39.4 Å². The summed E-state index contributed by atoms with van der Waals surface area (Å²) in [6.45, 7) is 4.85. The maximum atomic E-state index is 10.5. The largest absolute Gasteiger partial charge is 0.373 e. The molecule has 0 heterocycles. The van der Waals surface area contributed by atoms with Gasteiger partial charge in [0.15, 0.2) is 6.10 Å². The number of hydrogen-bond donors (Lipinski definition) is 0. The Labute approximate surface area is 66.0 Å². The van der Waals surface area contributed by atoms with Crippen LogP contribution in [0.3, 0.4) is 0 Å². The van der Waals surface area contributed by atoms with Crippen LogP contribution in [0.4, 0.5) is 0 Å². The zero-order valence-corrected chi connectivity index (χ0v) is 6.99. The Bertz CT molecular complexity index is 122. The summed E-state index contributed by atoms with van der Waals surface area (Å²) in [5, 5.41) is 10.4. The van der Waals surface area contributed by atoms with Gasteiger partial charge < -0.3 is 0 Å². The van der Waals surface area contributed by atoms with Gasteiger partial charge in [-0.2, -0.15) is 4.89 Å². The lowest BCUT2D eigenvalue weighted by Crippen LogP contribution is -2.20. The second-order valence-corrected chi connectivity index (χ2v) is 2.36. The summed E-state index contributed by atoms with van der Waals surface area (Å²) >= 11 is 0. The van der Waals surface area contributed by atoms with Gasteiger partial charge in [-0.25, -0.2) is 9.90 Å². The summed E-state index contributed by atoms with van der Waals surface area (Å²) in [5.74, 6) is -0.870. The quantitative estimate of drug-likeness (QED) is 0.458. The summed E-state index contributed by atoms with van der Waals surface area (Å²) in [6, 6.07) is 0. The van der Waals surface area contributed by atoms with E-state index in [1.54, 1.807) is 6.92 Å². The number of carbonyl (C=O) groups excluding carboxylic acids is 1. The van der Waals surface area contributed by atoms with E-state index in [0.717, 1.165) is 6.42 Å². The molecular formula is C7H13O4. The summed E-state index contributed by atoms with van der Waals surface area (Å²) in [7, 11) is 0. The molecule has 0 aliphatic rings. The van der Waals surface area contributed by atoms with E-state index < -0.39 is 12.1 Å². The lowest BCUT2D eigenvalue weighted by molar-refractivity contribution is -0.301. The molecule has 65 valence electrons. The molecule has 11 heavy (non-hydrogen) atoms. The third-order valence-electron chi connectivity index (χ3n) is 1.20. The minimum atomic E-state index is -1.38. The van der Waals surface area contributed by atoms with Crippen LogP contribution in [0.2, 0.25) is 0 Å². The maximum absolute atomic E-state index is 10.5. The summed E-state index contributed by atoms with van der Waals surface area (Å²) in [5.41, 5.74) is 0. The Morgan fingerprint density at radius 2 is 2.00 bits per heavy atom. The van der Waals surface area contributed by atoms with Crippen molar-refractivity contribution in [3.63, 3.8) is 0 Å². The molecule has 0 aliphatic heterocycles. The van der Waals surface area contributed by atoms with Crippen LogP contribution in [0.1, 0.15) is 27.2 Å². The summed E-state index contributed by atoms with van der Waals surface area (Å²) < 4.78 is 0. The Kier molecular flexibility index (Phi) is 4.81. The Balaban J connectivity index is 3.46. The molecule has 4 nitrogen and oxygen atoms in total. The van der Waals surface area contributed by atoms with Gasteiger partial charge in [0, 0.05) is 0 Å². The zero-order chi connectivity index (χ0) is 8.85. The molecule has 0 aromatic carbocycles. The predicted molar refractivity (Wildman–Crippen MR) is 37.1 cm³/mol. The van der Waals surface area contributed by atoms with Crippen molar-refractivity contribution in [3.8, 4) is 0 Å². The first-order chi connectivity index (χ1) is 5.07. The van der Waals surface area contributed by atoms with Crippen molar-refractivity contribution in [2.24, 2.45) is 0 Å². The van der Waals surface area contributed by atoms with E-state index in [4.69, 9.17) is 0 Å². The highest BCUT2D eigenvalue weighted by Crippen LogP contribution is 1.98. The monoisotopic (exact) mass is 161 g/mol. The van der Waals surface area contributed by atoms with Crippen LogP contribution < -0.4 is 0 Å². The molecule has 0 aliphatic carbocycles. The minimum Gasteiger partial charge on any atom is -0.295 e. The van der Waals surface area contributed by atoms with Crippen molar-refractivity contribution in [3.05, 3.63) is 0 Å². The first kappa shape index (κ1) is 10.4. The second-order valence-electron chi connectivity index (χ2n) is 2.36. The molecule has 0 aromatic rings. The first-order valence-electron chi connectivity index (χ1n) is 3.61. The van der Waals surface area contributed by atoms with Gasteiger partial charge in [-0.3, -0.25) is 4.89 Å². The van der Waals surface area contributed by atoms with Crippen molar-refractivity contribution in [1.29, 1.82) is 0 Å². The van der Waals surface area contributed by atoms with Gasteiger partial charge >= 0.3 is 5.97 Å². The molecule has 0 amide bonds. The fourth-order valence-electron chi connectivity index (χ4n) is 0.265. The minimum absolute atomic E-state index is 0.155. The second kappa shape index (κ2) is 5.09. The molecule has 0 rings (SSSR count). The molecule has 0 bridgehead atoms. The number of rotatable bonds is 4. The van der Waals surface area contributed by atoms with E-state index in [-0.39, 0.29) is 6.10 Å². The molecule has 0 spiro atoms. The Morgan fingerprint density at radius 1 is 1.45 bits per heavy atom. The molecular weight excluding hydrogens is 148 g/mol. The Morgan fingerprint density at radius 3 is 2.36 bits per heavy atom. The van der Waals surface area contributed by atoms with Gasteiger partial charge in [-0.1, -0.05) is 6.92 Å². The summed E-state index contributed by atoms with van der Waals surface area (Å²) in [4.78, 5) is 19.3. The fraction of sp³-hybridized carbons (Fsp3) is 0.857. The third kappa shape index (κ3) is 4.75. The van der Waals surface area contributed by atoms with Gasteiger partial charge in [0.1, 0.15) is 6.10 Å². The normalized spacial score (nSPS) is 15.6. The molecule has 0 saturated carbocycles. The molecule has 0 fully saturated rings. The first-order valence-corrected chi connectivity index (χ1v) is 3.61. The molecule has 0 N–H and O–H groups in total.